The zero-order valence-corrected chi connectivity index (χ0v) is 12.0. The zero-order valence-electron chi connectivity index (χ0n) is 12.0. The molecule has 0 aliphatic carbocycles. The van der Waals surface area contributed by atoms with Crippen molar-refractivity contribution < 1.29 is 0 Å². The van der Waals surface area contributed by atoms with Crippen LogP contribution in [-0.2, 0) is 6.54 Å². The van der Waals surface area contributed by atoms with Gasteiger partial charge in [-0.2, -0.15) is 0 Å². The summed E-state index contributed by atoms with van der Waals surface area (Å²) in [4.78, 5) is 12.5. The molecule has 3 nitrogen and oxygen atoms in total. The maximum atomic E-state index is 12.5. The fraction of sp³-hybridized carbons (Fsp3) is 0.167. The number of hydrogen-bond acceptors (Lipinski definition) is 2. The Labute approximate surface area is 123 Å². The maximum absolute atomic E-state index is 12.5. The molecule has 1 heterocycles. The molecule has 0 amide bonds. The largest absolute Gasteiger partial charge is 0.322 e. The predicted octanol–water partition coefficient (Wildman–Crippen LogP) is 3.01. The topological polar surface area (TPSA) is 48.0 Å². The van der Waals surface area contributed by atoms with E-state index in [0.717, 1.165) is 16.3 Å². The van der Waals surface area contributed by atoms with Crippen molar-refractivity contribution in [2.45, 2.75) is 19.5 Å². The van der Waals surface area contributed by atoms with Crippen molar-refractivity contribution in [2.75, 3.05) is 0 Å². The summed E-state index contributed by atoms with van der Waals surface area (Å²) in [5.41, 5.74) is 8.49. The number of benzene rings is 2. The van der Waals surface area contributed by atoms with Crippen LogP contribution in [-0.4, -0.2) is 4.57 Å². The zero-order chi connectivity index (χ0) is 14.8. The third-order valence-electron chi connectivity index (χ3n) is 3.75. The lowest BCUT2D eigenvalue weighted by atomic mass is 10.0. The molecule has 1 unspecified atom stereocenters. The van der Waals surface area contributed by atoms with Gasteiger partial charge in [-0.05, 0) is 30.0 Å². The molecule has 0 aliphatic rings. The molecule has 0 aliphatic heterocycles. The van der Waals surface area contributed by atoms with Crippen molar-refractivity contribution in [2.24, 2.45) is 5.73 Å². The van der Waals surface area contributed by atoms with Crippen LogP contribution in [0.4, 0.5) is 0 Å². The lowest BCUT2D eigenvalue weighted by Gasteiger charge is -2.15. The number of nitrogens with zero attached hydrogens (tertiary/aromatic N) is 1. The summed E-state index contributed by atoms with van der Waals surface area (Å²) in [7, 11) is 0. The number of nitrogens with two attached hydrogens (primary N) is 1. The highest BCUT2D eigenvalue weighted by Gasteiger charge is 2.09. The first kappa shape index (κ1) is 13.6. The molecule has 3 rings (SSSR count). The minimum atomic E-state index is -0.191. The predicted molar refractivity (Wildman–Crippen MR) is 86.3 cm³/mol. The van der Waals surface area contributed by atoms with Gasteiger partial charge in [0.1, 0.15) is 0 Å². The summed E-state index contributed by atoms with van der Waals surface area (Å²) >= 11 is 0. The molecule has 2 N–H and O–H groups in total. The molecule has 3 heteroatoms. The quantitative estimate of drug-likeness (QED) is 0.800. The van der Waals surface area contributed by atoms with Gasteiger partial charge in [0.2, 0.25) is 0 Å². The fourth-order valence-electron chi connectivity index (χ4n) is 2.59. The highest BCUT2D eigenvalue weighted by Crippen LogP contribution is 2.14. The van der Waals surface area contributed by atoms with Crippen molar-refractivity contribution in [3.63, 3.8) is 0 Å². The van der Waals surface area contributed by atoms with Crippen LogP contribution in [0.2, 0.25) is 0 Å². The first-order chi connectivity index (χ1) is 10.1. The number of pyridine rings is 1. The smallest absolute Gasteiger partial charge is 0.258 e. The summed E-state index contributed by atoms with van der Waals surface area (Å²) in [5, 5.41) is 1.69. The van der Waals surface area contributed by atoms with Crippen LogP contribution < -0.4 is 11.3 Å². The van der Waals surface area contributed by atoms with E-state index in [1.165, 1.54) is 5.56 Å². The molecule has 1 aromatic heterocycles. The molecule has 0 saturated heterocycles. The van der Waals surface area contributed by atoms with Gasteiger partial charge in [-0.25, -0.2) is 0 Å². The SMILES string of the molecule is Cc1cccc(C(N)Cn2ccc3ccccc3c2=O)c1. The average molecular weight is 278 g/mol. The number of fused-ring (bicyclic) bond motifs is 1. The minimum absolute atomic E-state index is 0.0104. The molecule has 0 radical (unpaired) electrons. The second-order valence-electron chi connectivity index (χ2n) is 5.38. The van der Waals surface area contributed by atoms with Gasteiger partial charge in [0, 0.05) is 24.2 Å². The van der Waals surface area contributed by atoms with Crippen LogP contribution in [0.5, 0.6) is 0 Å². The van der Waals surface area contributed by atoms with Crippen molar-refractivity contribution >= 4 is 10.8 Å². The van der Waals surface area contributed by atoms with Gasteiger partial charge in [0.05, 0.1) is 0 Å². The van der Waals surface area contributed by atoms with Crippen molar-refractivity contribution in [3.05, 3.63) is 82.3 Å². The molecule has 1 atom stereocenters. The normalized spacial score (nSPS) is 12.5. The van der Waals surface area contributed by atoms with E-state index in [4.69, 9.17) is 5.73 Å². The monoisotopic (exact) mass is 278 g/mol. The van der Waals surface area contributed by atoms with E-state index in [1.807, 2.05) is 61.7 Å². The molecular weight excluding hydrogens is 260 g/mol. The molecule has 106 valence electrons. The van der Waals surface area contributed by atoms with E-state index in [2.05, 4.69) is 6.07 Å². The van der Waals surface area contributed by atoms with Gasteiger partial charge in [-0.1, -0.05) is 48.0 Å². The Balaban J connectivity index is 1.95. The van der Waals surface area contributed by atoms with Gasteiger partial charge >= 0.3 is 0 Å². The van der Waals surface area contributed by atoms with Crippen LogP contribution in [0.3, 0.4) is 0 Å². The van der Waals surface area contributed by atoms with Crippen molar-refractivity contribution in [1.82, 2.24) is 4.57 Å². The van der Waals surface area contributed by atoms with Crippen LogP contribution >= 0.6 is 0 Å². The lowest BCUT2D eigenvalue weighted by molar-refractivity contribution is 0.564. The number of aromatic nitrogens is 1. The van der Waals surface area contributed by atoms with Gasteiger partial charge in [0.25, 0.3) is 5.56 Å². The first-order valence-corrected chi connectivity index (χ1v) is 7.05. The van der Waals surface area contributed by atoms with Crippen LogP contribution in [0.1, 0.15) is 17.2 Å². The van der Waals surface area contributed by atoms with Gasteiger partial charge in [-0.3, -0.25) is 4.79 Å². The molecule has 0 saturated carbocycles. The second kappa shape index (κ2) is 5.54. The summed E-state index contributed by atoms with van der Waals surface area (Å²) in [5.74, 6) is 0. The van der Waals surface area contributed by atoms with Gasteiger partial charge < -0.3 is 10.3 Å². The highest BCUT2D eigenvalue weighted by molar-refractivity contribution is 5.81. The standard InChI is InChI=1S/C18H18N2O/c1-13-5-4-7-15(11-13)17(19)12-20-10-9-14-6-2-3-8-16(14)18(20)21/h2-11,17H,12,19H2,1H3. The molecule has 0 fully saturated rings. The van der Waals surface area contributed by atoms with Crippen molar-refractivity contribution in [3.8, 4) is 0 Å². The number of aryl methyl sites for hydroxylation is 1. The van der Waals surface area contributed by atoms with Crippen LogP contribution in [0, 0.1) is 6.92 Å². The summed E-state index contributed by atoms with van der Waals surface area (Å²) < 4.78 is 1.69. The third kappa shape index (κ3) is 2.73. The summed E-state index contributed by atoms with van der Waals surface area (Å²) in [6.07, 6.45) is 1.82. The Bertz CT molecular complexity index is 836. The van der Waals surface area contributed by atoms with Crippen LogP contribution in [0.15, 0.2) is 65.6 Å². The number of rotatable bonds is 3. The fourth-order valence-corrected chi connectivity index (χ4v) is 2.59. The van der Waals surface area contributed by atoms with E-state index in [9.17, 15) is 4.79 Å². The second-order valence-corrected chi connectivity index (χ2v) is 5.38. The van der Waals surface area contributed by atoms with E-state index < -0.39 is 0 Å². The molecular formula is C18H18N2O. The first-order valence-electron chi connectivity index (χ1n) is 7.05. The van der Waals surface area contributed by atoms with Crippen LogP contribution in [0.25, 0.3) is 10.8 Å². The summed E-state index contributed by atoms with van der Waals surface area (Å²) in [6.45, 7) is 2.52. The van der Waals surface area contributed by atoms with Gasteiger partial charge in [0.15, 0.2) is 0 Å². The number of hydrogen-bond donors (Lipinski definition) is 1. The average Bonchev–Trinajstić information content (AvgIpc) is 2.50. The Morgan fingerprint density at radius 1 is 1.10 bits per heavy atom. The Kier molecular flexibility index (Phi) is 3.59. The molecule has 0 spiro atoms. The minimum Gasteiger partial charge on any atom is -0.322 e. The van der Waals surface area contributed by atoms with E-state index in [1.54, 1.807) is 4.57 Å². The molecule has 21 heavy (non-hydrogen) atoms. The molecule has 0 bridgehead atoms. The van der Waals surface area contributed by atoms with E-state index in [-0.39, 0.29) is 11.6 Å². The summed E-state index contributed by atoms with van der Waals surface area (Å²) in [6, 6.07) is 17.5. The van der Waals surface area contributed by atoms with E-state index >= 15 is 0 Å². The lowest BCUT2D eigenvalue weighted by Crippen LogP contribution is -2.26. The third-order valence-corrected chi connectivity index (χ3v) is 3.75. The Hall–Kier alpha value is -2.39. The Morgan fingerprint density at radius 3 is 2.71 bits per heavy atom. The maximum Gasteiger partial charge on any atom is 0.258 e. The van der Waals surface area contributed by atoms with Gasteiger partial charge in [-0.15, -0.1) is 0 Å². The highest BCUT2D eigenvalue weighted by atomic mass is 16.1. The molecule has 2 aromatic carbocycles. The van der Waals surface area contributed by atoms with E-state index in [0.29, 0.717) is 6.54 Å². The Morgan fingerprint density at radius 2 is 1.90 bits per heavy atom. The molecule has 3 aromatic rings. The van der Waals surface area contributed by atoms with Crippen molar-refractivity contribution in [1.29, 1.82) is 0 Å².